The van der Waals surface area contributed by atoms with Crippen LogP contribution in [0.5, 0.6) is 0 Å². The number of ether oxygens (including phenoxy) is 1. The molecule has 194 valence electrons. The fourth-order valence-corrected chi connectivity index (χ4v) is 5.78. The molecule has 4 aromatic rings. The molecule has 10 nitrogen and oxygen atoms in total. The number of morpholine rings is 1. The lowest BCUT2D eigenvalue weighted by Crippen LogP contribution is -2.41. The molecule has 1 fully saturated rings. The number of hydrogen-bond acceptors (Lipinski definition) is 10. The van der Waals surface area contributed by atoms with E-state index in [1.54, 1.807) is 18.2 Å². The van der Waals surface area contributed by atoms with E-state index in [2.05, 4.69) is 35.2 Å². The molecule has 2 aromatic heterocycles. The van der Waals surface area contributed by atoms with E-state index in [0.29, 0.717) is 59.0 Å². The van der Waals surface area contributed by atoms with Gasteiger partial charge in [-0.05, 0) is 42.5 Å². The minimum absolute atomic E-state index is 0.000256. The number of hydrogen-bond donors (Lipinski definition) is 3. The number of rotatable bonds is 9. The van der Waals surface area contributed by atoms with Gasteiger partial charge in [-0.15, -0.1) is 0 Å². The summed E-state index contributed by atoms with van der Waals surface area (Å²) in [5.41, 5.74) is 1.71. The molecule has 0 saturated carbocycles. The van der Waals surface area contributed by atoms with Gasteiger partial charge in [0.1, 0.15) is 16.8 Å². The summed E-state index contributed by atoms with van der Waals surface area (Å²) in [6.45, 7) is 3.91. The van der Waals surface area contributed by atoms with E-state index in [9.17, 15) is 12.8 Å². The Balaban J connectivity index is 1.24. The van der Waals surface area contributed by atoms with Gasteiger partial charge in [-0.25, -0.2) is 27.5 Å². The molecular weight excluding hydrogens is 541 g/mol. The Labute approximate surface area is 221 Å². The molecule has 2 aromatic carbocycles. The van der Waals surface area contributed by atoms with Crippen molar-refractivity contribution in [2.24, 2.45) is 0 Å². The van der Waals surface area contributed by atoms with Crippen LogP contribution in [0.25, 0.3) is 10.3 Å². The number of nitrogens with zero attached hydrogens (tertiary/aromatic N) is 4. The zero-order valence-electron chi connectivity index (χ0n) is 19.4. The lowest BCUT2D eigenvalue weighted by Gasteiger charge is -2.26. The van der Waals surface area contributed by atoms with Gasteiger partial charge in [0.25, 0.3) is 0 Å². The fourth-order valence-electron chi connectivity index (χ4n) is 3.69. The lowest BCUT2D eigenvalue weighted by atomic mass is 10.3. The molecule has 1 aliphatic heterocycles. The quantitative estimate of drug-likeness (QED) is 0.277. The van der Waals surface area contributed by atoms with Crippen molar-refractivity contribution in [3.05, 3.63) is 59.6 Å². The average Bonchev–Trinajstić information content (AvgIpc) is 3.31. The summed E-state index contributed by atoms with van der Waals surface area (Å²) in [5, 5.41) is 6.84. The molecule has 1 saturated heterocycles. The molecule has 37 heavy (non-hydrogen) atoms. The topological polar surface area (TPSA) is 121 Å². The number of nitrogens with one attached hydrogen (secondary N) is 3. The molecule has 0 radical (unpaired) electrons. The van der Waals surface area contributed by atoms with E-state index in [-0.39, 0.29) is 9.92 Å². The second-order valence-electron chi connectivity index (χ2n) is 8.15. The van der Waals surface area contributed by atoms with Crippen molar-refractivity contribution < 1.29 is 17.5 Å². The van der Waals surface area contributed by atoms with Crippen LogP contribution < -0.4 is 15.4 Å². The third-order valence-corrected chi connectivity index (χ3v) is 8.35. The molecule has 14 heteroatoms. The molecule has 3 N–H and O–H groups in total. The van der Waals surface area contributed by atoms with Crippen LogP contribution in [0.2, 0.25) is 5.02 Å². The summed E-state index contributed by atoms with van der Waals surface area (Å²) >= 11 is 7.19. The van der Waals surface area contributed by atoms with Crippen LogP contribution in [0, 0.1) is 5.82 Å². The van der Waals surface area contributed by atoms with E-state index < -0.39 is 15.8 Å². The first-order valence-electron chi connectivity index (χ1n) is 11.4. The number of anilines is 4. The maximum absolute atomic E-state index is 13.5. The predicted molar refractivity (Wildman–Crippen MR) is 142 cm³/mol. The maximum Gasteiger partial charge on any atom is 0.240 e. The summed E-state index contributed by atoms with van der Waals surface area (Å²) in [6, 6.07) is 10.7. The molecule has 0 amide bonds. The smallest absolute Gasteiger partial charge is 0.240 e. The van der Waals surface area contributed by atoms with E-state index in [0.717, 1.165) is 13.1 Å². The zero-order chi connectivity index (χ0) is 25.8. The SMILES string of the molecule is O=S(=O)(NCCN1CCOCC1)c1ccc(Nc2nc3ncnc(Nc4ccc(F)c(Cl)c4)c3s2)cc1. The van der Waals surface area contributed by atoms with Gasteiger partial charge in [-0.1, -0.05) is 22.9 Å². The minimum atomic E-state index is -3.62. The van der Waals surface area contributed by atoms with Crippen LogP contribution in [-0.2, 0) is 14.8 Å². The molecule has 0 bridgehead atoms. The number of benzene rings is 2. The number of fused-ring (bicyclic) bond motifs is 1. The minimum Gasteiger partial charge on any atom is -0.379 e. The number of aromatic nitrogens is 3. The largest absolute Gasteiger partial charge is 0.379 e. The molecule has 1 aliphatic rings. The third-order valence-electron chi connectivity index (χ3n) is 5.61. The average molecular weight is 564 g/mol. The molecule has 3 heterocycles. The molecule has 0 aliphatic carbocycles. The van der Waals surface area contributed by atoms with Crippen molar-refractivity contribution in [2.45, 2.75) is 4.90 Å². The van der Waals surface area contributed by atoms with Gasteiger partial charge in [-0.3, -0.25) is 4.90 Å². The van der Waals surface area contributed by atoms with E-state index in [1.165, 1.54) is 41.9 Å². The Morgan fingerprint density at radius 2 is 1.81 bits per heavy atom. The summed E-state index contributed by atoms with van der Waals surface area (Å²) in [7, 11) is -3.62. The monoisotopic (exact) mass is 563 g/mol. The first kappa shape index (κ1) is 25.7. The Hall–Kier alpha value is -2.94. The van der Waals surface area contributed by atoms with Gasteiger partial charge >= 0.3 is 0 Å². The van der Waals surface area contributed by atoms with Gasteiger partial charge in [-0.2, -0.15) is 4.98 Å². The Bertz CT molecular complexity index is 1500. The van der Waals surface area contributed by atoms with Crippen LogP contribution in [-0.4, -0.2) is 67.7 Å². The number of sulfonamides is 1. The highest BCUT2D eigenvalue weighted by Gasteiger charge is 2.16. The Kier molecular flexibility index (Phi) is 7.79. The molecule has 5 rings (SSSR count). The van der Waals surface area contributed by atoms with Crippen LogP contribution in [0.15, 0.2) is 53.7 Å². The van der Waals surface area contributed by atoms with Gasteiger partial charge in [0, 0.05) is 37.6 Å². The number of thiazole rings is 1. The number of halogens is 2. The van der Waals surface area contributed by atoms with Crippen molar-refractivity contribution >= 4 is 65.6 Å². The third kappa shape index (κ3) is 6.32. The van der Waals surface area contributed by atoms with Crippen LogP contribution in [0.3, 0.4) is 0 Å². The lowest BCUT2D eigenvalue weighted by molar-refractivity contribution is 0.0390. The van der Waals surface area contributed by atoms with Gasteiger partial charge < -0.3 is 15.4 Å². The molecular formula is C23H23ClFN7O3S2. The zero-order valence-corrected chi connectivity index (χ0v) is 21.8. The first-order chi connectivity index (χ1) is 17.9. The summed E-state index contributed by atoms with van der Waals surface area (Å²) < 4.78 is 47.4. The molecule has 0 unspecified atom stereocenters. The summed E-state index contributed by atoms with van der Waals surface area (Å²) in [6.07, 6.45) is 1.38. The van der Waals surface area contributed by atoms with E-state index >= 15 is 0 Å². The van der Waals surface area contributed by atoms with Crippen molar-refractivity contribution in [1.82, 2.24) is 24.6 Å². The predicted octanol–water partition coefficient (Wildman–Crippen LogP) is 3.98. The standard InChI is InChI=1S/C23H23ClFN7O3S2/c24-18-13-16(3-6-19(18)25)29-21-20-22(27-14-26-21)31-23(36-20)30-15-1-4-17(5-2-15)37(33,34)28-7-8-32-9-11-35-12-10-32/h1-6,13-14,28H,7-12H2,(H2,26,27,29,30,31). The van der Waals surface area contributed by atoms with Crippen molar-refractivity contribution in [2.75, 3.05) is 50.0 Å². The van der Waals surface area contributed by atoms with Gasteiger partial charge in [0.15, 0.2) is 16.6 Å². The van der Waals surface area contributed by atoms with Crippen molar-refractivity contribution in [3.63, 3.8) is 0 Å². The molecule has 0 spiro atoms. The molecule has 0 atom stereocenters. The highest BCUT2D eigenvalue weighted by Crippen LogP contribution is 2.33. The van der Waals surface area contributed by atoms with Gasteiger partial charge in [0.05, 0.1) is 23.1 Å². The normalized spacial score (nSPS) is 14.6. The highest BCUT2D eigenvalue weighted by atomic mass is 35.5. The van der Waals surface area contributed by atoms with Crippen LogP contribution >= 0.6 is 22.9 Å². The first-order valence-corrected chi connectivity index (χ1v) is 14.1. The van der Waals surface area contributed by atoms with Crippen LogP contribution in [0.4, 0.5) is 26.7 Å². The summed E-state index contributed by atoms with van der Waals surface area (Å²) in [5.74, 6) is -0.00487. The summed E-state index contributed by atoms with van der Waals surface area (Å²) in [4.78, 5) is 15.3. The van der Waals surface area contributed by atoms with Crippen LogP contribution in [0.1, 0.15) is 0 Å². The second-order valence-corrected chi connectivity index (χ2v) is 11.3. The van der Waals surface area contributed by atoms with Gasteiger partial charge in [0.2, 0.25) is 10.0 Å². The fraction of sp³-hybridized carbons (Fsp3) is 0.261. The van der Waals surface area contributed by atoms with Crippen molar-refractivity contribution in [3.8, 4) is 0 Å². The highest BCUT2D eigenvalue weighted by molar-refractivity contribution is 7.89. The van der Waals surface area contributed by atoms with E-state index in [1.807, 2.05) is 0 Å². The second kappa shape index (κ2) is 11.2. The van der Waals surface area contributed by atoms with Crippen molar-refractivity contribution in [1.29, 1.82) is 0 Å². The Morgan fingerprint density at radius 3 is 2.57 bits per heavy atom. The Morgan fingerprint density at radius 1 is 1.05 bits per heavy atom. The maximum atomic E-state index is 13.5. The van der Waals surface area contributed by atoms with E-state index in [4.69, 9.17) is 16.3 Å².